The number of carbonyl (C=O) groups excluding carboxylic acids is 3. The van der Waals surface area contributed by atoms with Crippen LogP contribution in [0.2, 0.25) is 0 Å². The lowest BCUT2D eigenvalue weighted by Crippen LogP contribution is -2.54. The molecule has 0 aromatic heterocycles. The van der Waals surface area contributed by atoms with Crippen molar-refractivity contribution in [1.82, 2.24) is 15.5 Å². The van der Waals surface area contributed by atoms with Crippen molar-refractivity contribution in [1.29, 1.82) is 0 Å². The molecule has 2 aliphatic rings. The van der Waals surface area contributed by atoms with E-state index in [2.05, 4.69) is 10.6 Å². The molecule has 1 aromatic carbocycles. The molecule has 1 aromatic rings. The molecule has 0 spiro atoms. The normalized spacial score (nSPS) is 16.8. The molecular weight excluding hydrogens is 390 g/mol. The highest BCUT2D eigenvalue weighted by atomic mass is 16.7. The van der Waals surface area contributed by atoms with Crippen molar-refractivity contribution >= 4 is 17.7 Å². The minimum absolute atomic E-state index is 0.0476. The Morgan fingerprint density at radius 3 is 2.63 bits per heavy atom. The van der Waals surface area contributed by atoms with E-state index in [4.69, 9.17) is 14.2 Å². The monoisotopic (exact) mass is 419 g/mol. The van der Waals surface area contributed by atoms with Crippen LogP contribution in [0.25, 0.3) is 0 Å². The van der Waals surface area contributed by atoms with Crippen LogP contribution >= 0.6 is 0 Å². The number of ether oxygens (including phenoxy) is 3. The van der Waals surface area contributed by atoms with Gasteiger partial charge in [-0.1, -0.05) is 6.92 Å². The predicted molar refractivity (Wildman–Crippen MR) is 108 cm³/mol. The molecule has 164 valence electrons. The number of rotatable bonds is 8. The first-order valence-corrected chi connectivity index (χ1v) is 10.3. The molecule has 1 saturated heterocycles. The van der Waals surface area contributed by atoms with Crippen molar-refractivity contribution in [3.05, 3.63) is 23.8 Å². The van der Waals surface area contributed by atoms with E-state index in [1.54, 1.807) is 23.1 Å². The summed E-state index contributed by atoms with van der Waals surface area (Å²) in [5, 5.41) is 5.78. The Balaban J connectivity index is 1.67. The molecule has 1 fully saturated rings. The van der Waals surface area contributed by atoms with Gasteiger partial charge in [-0.2, -0.15) is 0 Å². The molecule has 30 heavy (non-hydrogen) atoms. The van der Waals surface area contributed by atoms with Crippen LogP contribution in [0.4, 0.5) is 0 Å². The van der Waals surface area contributed by atoms with E-state index in [0.29, 0.717) is 49.5 Å². The first-order chi connectivity index (χ1) is 14.5. The van der Waals surface area contributed by atoms with Gasteiger partial charge in [0.2, 0.25) is 18.6 Å². The number of nitrogens with zero attached hydrogens (tertiary/aromatic N) is 1. The fourth-order valence-electron chi connectivity index (χ4n) is 3.71. The molecule has 2 N–H and O–H groups in total. The van der Waals surface area contributed by atoms with E-state index >= 15 is 0 Å². The van der Waals surface area contributed by atoms with E-state index in [9.17, 15) is 14.4 Å². The number of hydrogen-bond acceptors (Lipinski definition) is 6. The van der Waals surface area contributed by atoms with Gasteiger partial charge in [0.05, 0.1) is 0 Å². The van der Waals surface area contributed by atoms with Gasteiger partial charge < -0.3 is 29.7 Å². The molecule has 0 radical (unpaired) electrons. The number of carbonyl (C=O) groups is 3. The zero-order valence-corrected chi connectivity index (χ0v) is 17.4. The maximum Gasteiger partial charge on any atom is 0.252 e. The van der Waals surface area contributed by atoms with Crippen LogP contribution in [0.5, 0.6) is 11.5 Å². The molecule has 2 aliphatic heterocycles. The minimum atomic E-state index is -0.672. The Morgan fingerprint density at radius 2 is 1.93 bits per heavy atom. The van der Waals surface area contributed by atoms with E-state index in [0.717, 1.165) is 6.42 Å². The maximum atomic E-state index is 12.9. The summed E-state index contributed by atoms with van der Waals surface area (Å²) < 4.78 is 15.5. The van der Waals surface area contributed by atoms with Gasteiger partial charge in [0, 0.05) is 32.3 Å². The highest BCUT2D eigenvalue weighted by Crippen LogP contribution is 2.32. The number of hydrogen-bond donors (Lipinski definition) is 2. The van der Waals surface area contributed by atoms with Gasteiger partial charge in [0.25, 0.3) is 5.91 Å². The van der Waals surface area contributed by atoms with Gasteiger partial charge in [-0.05, 0) is 43.4 Å². The second-order valence-corrected chi connectivity index (χ2v) is 7.46. The molecule has 9 heteroatoms. The first-order valence-electron chi connectivity index (χ1n) is 10.3. The molecule has 0 aliphatic carbocycles. The van der Waals surface area contributed by atoms with Crippen molar-refractivity contribution in [3.8, 4) is 11.5 Å². The number of benzene rings is 1. The van der Waals surface area contributed by atoms with Gasteiger partial charge in [-0.25, -0.2) is 0 Å². The Hall–Kier alpha value is -2.81. The van der Waals surface area contributed by atoms with Gasteiger partial charge in [0.15, 0.2) is 11.5 Å². The quantitative estimate of drug-likeness (QED) is 0.649. The zero-order chi connectivity index (χ0) is 21.5. The van der Waals surface area contributed by atoms with Gasteiger partial charge >= 0.3 is 0 Å². The van der Waals surface area contributed by atoms with Crippen LogP contribution in [0, 0.1) is 5.92 Å². The van der Waals surface area contributed by atoms with Crippen LogP contribution in [-0.2, 0) is 14.3 Å². The lowest BCUT2D eigenvalue weighted by atomic mass is 9.88. The fraction of sp³-hybridized carbons (Fsp3) is 0.571. The maximum absolute atomic E-state index is 12.9. The lowest BCUT2D eigenvalue weighted by molar-refractivity contribution is -0.136. The van der Waals surface area contributed by atoms with Crippen LogP contribution in [0.1, 0.15) is 36.5 Å². The number of likely N-dealkylation sites (tertiary alicyclic amines) is 1. The number of piperidine rings is 1. The van der Waals surface area contributed by atoms with Gasteiger partial charge in [-0.3, -0.25) is 14.4 Å². The largest absolute Gasteiger partial charge is 0.454 e. The predicted octanol–water partition coefficient (Wildman–Crippen LogP) is 0.925. The Morgan fingerprint density at radius 1 is 1.20 bits per heavy atom. The third kappa shape index (κ3) is 5.21. The summed E-state index contributed by atoms with van der Waals surface area (Å²) in [7, 11) is 1.49. The third-order valence-electron chi connectivity index (χ3n) is 5.38. The molecule has 1 unspecified atom stereocenters. The van der Waals surface area contributed by atoms with Crippen molar-refractivity contribution in [3.63, 3.8) is 0 Å². The average molecular weight is 419 g/mol. The summed E-state index contributed by atoms with van der Waals surface area (Å²) in [6, 6.07) is 4.28. The van der Waals surface area contributed by atoms with Crippen LogP contribution < -0.4 is 20.1 Å². The standard InChI is InChI=1S/C21H29N3O6/c1-3-8-22-21(27)19(14-6-9-24(10-7-14)18(25)12-28-2)23-20(26)15-4-5-16-17(11-15)30-13-29-16/h4-5,11,14,19H,3,6-10,12-13H2,1-2H3,(H,22,27)(H,23,26). The lowest BCUT2D eigenvalue weighted by Gasteiger charge is -2.35. The van der Waals surface area contributed by atoms with Crippen molar-refractivity contribution in [2.24, 2.45) is 5.92 Å². The SMILES string of the molecule is CCCNC(=O)C(NC(=O)c1ccc2c(c1)OCO2)C1CCN(C(=O)COC)CC1. The smallest absolute Gasteiger partial charge is 0.252 e. The number of fused-ring (bicyclic) bond motifs is 1. The highest BCUT2D eigenvalue weighted by Gasteiger charge is 2.34. The molecular formula is C21H29N3O6. The van der Waals surface area contributed by atoms with Crippen molar-refractivity contribution in [2.45, 2.75) is 32.2 Å². The molecule has 1 atom stereocenters. The average Bonchev–Trinajstić information content (AvgIpc) is 3.24. The molecule has 0 bridgehead atoms. The van der Waals surface area contributed by atoms with E-state index in [-0.39, 0.29) is 37.0 Å². The van der Waals surface area contributed by atoms with E-state index in [1.807, 2.05) is 6.92 Å². The van der Waals surface area contributed by atoms with Crippen LogP contribution in [0.3, 0.4) is 0 Å². The Kier molecular flexibility index (Phi) is 7.51. The summed E-state index contributed by atoms with van der Waals surface area (Å²) in [4.78, 5) is 39.4. The summed E-state index contributed by atoms with van der Waals surface area (Å²) in [5.74, 6) is 0.436. The van der Waals surface area contributed by atoms with E-state index in [1.165, 1.54) is 7.11 Å². The third-order valence-corrected chi connectivity index (χ3v) is 5.38. The summed E-state index contributed by atoms with van der Waals surface area (Å²) >= 11 is 0. The van der Waals surface area contributed by atoms with E-state index < -0.39 is 6.04 Å². The van der Waals surface area contributed by atoms with Gasteiger partial charge in [0.1, 0.15) is 12.6 Å². The number of nitrogens with one attached hydrogen (secondary N) is 2. The summed E-state index contributed by atoms with van der Waals surface area (Å²) in [5.41, 5.74) is 0.403. The van der Waals surface area contributed by atoms with Crippen molar-refractivity contribution < 1.29 is 28.6 Å². The fourth-order valence-corrected chi connectivity index (χ4v) is 3.71. The molecule has 0 saturated carbocycles. The topological polar surface area (TPSA) is 106 Å². The summed E-state index contributed by atoms with van der Waals surface area (Å²) in [6.07, 6.45) is 2.06. The summed E-state index contributed by atoms with van der Waals surface area (Å²) in [6.45, 7) is 3.75. The second-order valence-electron chi connectivity index (χ2n) is 7.46. The molecule has 2 heterocycles. The molecule has 3 amide bonds. The van der Waals surface area contributed by atoms with Crippen molar-refractivity contribution in [2.75, 3.05) is 40.1 Å². The number of amides is 3. The zero-order valence-electron chi connectivity index (χ0n) is 17.4. The molecule has 9 nitrogen and oxygen atoms in total. The minimum Gasteiger partial charge on any atom is -0.454 e. The Bertz CT molecular complexity index is 776. The van der Waals surface area contributed by atoms with Gasteiger partial charge in [-0.15, -0.1) is 0 Å². The first kappa shape index (κ1) is 21.9. The number of methoxy groups -OCH3 is 1. The Labute approximate surface area is 176 Å². The highest BCUT2D eigenvalue weighted by molar-refractivity contribution is 5.98. The molecule has 3 rings (SSSR count). The van der Waals surface area contributed by atoms with Crippen LogP contribution in [0.15, 0.2) is 18.2 Å². The second kappa shape index (κ2) is 10.3. The van der Waals surface area contributed by atoms with Crippen LogP contribution in [-0.4, -0.2) is 68.8 Å².